The van der Waals surface area contributed by atoms with Crippen LogP contribution in [0.5, 0.6) is 0 Å². The van der Waals surface area contributed by atoms with E-state index in [0.29, 0.717) is 15.8 Å². The smallest absolute Gasteiger partial charge is 0.338 e. The third-order valence-electron chi connectivity index (χ3n) is 3.38. The number of anilines is 1. The summed E-state index contributed by atoms with van der Waals surface area (Å²) >= 11 is 12.8. The van der Waals surface area contributed by atoms with E-state index < -0.39 is 18.5 Å². The Kier molecular flexibility index (Phi) is 6.05. The Morgan fingerprint density at radius 1 is 1.11 bits per heavy atom. The first-order valence-corrected chi connectivity index (χ1v) is 9.19. The Labute approximate surface area is 167 Å². The van der Waals surface area contributed by atoms with E-state index in [9.17, 15) is 14.0 Å². The van der Waals surface area contributed by atoms with E-state index in [4.69, 9.17) is 27.9 Å². The van der Waals surface area contributed by atoms with Crippen LogP contribution in [0, 0.1) is 5.82 Å². The van der Waals surface area contributed by atoms with E-state index >= 15 is 0 Å². The van der Waals surface area contributed by atoms with Crippen LogP contribution in [0.4, 0.5) is 9.52 Å². The van der Waals surface area contributed by atoms with Crippen LogP contribution in [0.1, 0.15) is 10.4 Å². The maximum atomic E-state index is 13.0. The Morgan fingerprint density at radius 3 is 2.56 bits per heavy atom. The number of halogens is 3. The molecule has 0 unspecified atom stereocenters. The summed E-state index contributed by atoms with van der Waals surface area (Å²) in [5.74, 6) is -1.58. The highest BCUT2D eigenvalue weighted by molar-refractivity contribution is 7.14. The SMILES string of the molecule is O=C(COC(=O)c1ccc(Cl)c(Cl)c1)Nc1nc(-c2ccc(F)cc2)cs1. The quantitative estimate of drug-likeness (QED) is 0.581. The molecule has 0 aliphatic carbocycles. The molecule has 1 heterocycles. The molecule has 0 saturated heterocycles. The van der Waals surface area contributed by atoms with Crippen LogP contribution in [0.2, 0.25) is 10.0 Å². The van der Waals surface area contributed by atoms with Gasteiger partial charge in [-0.3, -0.25) is 10.1 Å². The third-order valence-corrected chi connectivity index (χ3v) is 4.88. The highest BCUT2D eigenvalue weighted by Gasteiger charge is 2.13. The molecule has 1 aromatic heterocycles. The molecule has 27 heavy (non-hydrogen) atoms. The molecule has 9 heteroatoms. The van der Waals surface area contributed by atoms with Gasteiger partial charge in [-0.2, -0.15) is 0 Å². The van der Waals surface area contributed by atoms with E-state index in [2.05, 4.69) is 10.3 Å². The number of hydrogen-bond donors (Lipinski definition) is 1. The molecular formula is C18H11Cl2FN2O3S. The molecule has 3 rings (SSSR count). The average molecular weight is 425 g/mol. The monoisotopic (exact) mass is 424 g/mol. The van der Waals surface area contributed by atoms with Crippen molar-refractivity contribution in [2.45, 2.75) is 0 Å². The summed E-state index contributed by atoms with van der Waals surface area (Å²) in [5, 5.41) is 5.13. The van der Waals surface area contributed by atoms with Crippen molar-refractivity contribution in [2.24, 2.45) is 0 Å². The Hall–Kier alpha value is -2.48. The van der Waals surface area contributed by atoms with Crippen molar-refractivity contribution in [3.05, 3.63) is 69.3 Å². The first-order valence-electron chi connectivity index (χ1n) is 7.56. The molecule has 3 aromatic rings. The van der Waals surface area contributed by atoms with Gasteiger partial charge in [-0.15, -0.1) is 11.3 Å². The molecule has 0 bridgehead atoms. The van der Waals surface area contributed by atoms with E-state index in [1.807, 2.05) is 0 Å². The van der Waals surface area contributed by atoms with Gasteiger partial charge in [0.05, 0.1) is 21.3 Å². The van der Waals surface area contributed by atoms with Crippen molar-refractivity contribution in [3.63, 3.8) is 0 Å². The molecule has 0 saturated carbocycles. The van der Waals surface area contributed by atoms with Gasteiger partial charge in [-0.05, 0) is 42.5 Å². The van der Waals surface area contributed by atoms with Gasteiger partial charge in [-0.1, -0.05) is 23.2 Å². The number of aromatic nitrogens is 1. The second kappa shape index (κ2) is 8.47. The molecule has 0 spiro atoms. The van der Waals surface area contributed by atoms with Gasteiger partial charge in [0.25, 0.3) is 5.91 Å². The molecule has 0 fully saturated rings. The zero-order chi connectivity index (χ0) is 19.4. The van der Waals surface area contributed by atoms with Gasteiger partial charge in [0.2, 0.25) is 0 Å². The van der Waals surface area contributed by atoms with Crippen LogP contribution in [-0.2, 0) is 9.53 Å². The molecule has 0 atom stereocenters. The van der Waals surface area contributed by atoms with Gasteiger partial charge in [0.15, 0.2) is 11.7 Å². The second-order valence-electron chi connectivity index (χ2n) is 5.30. The minimum atomic E-state index is -0.699. The summed E-state index contributed by atoms with van der Waals surface area (Å²) in [6.45, 7) is -0.482. The van der Waals surface area contributed by atoms with Crippen molar-refractivity contribution in [2.75, 3.05) is 11.9 Å². The van der Waals surface area contributed by atoms with Crippen molar-refractivity contribution < 1.29 is 18.7 Å². The number of hydrogen-bond acceptors (Lipinski definition) is 5. The van der Waals surface area contributed by atoms with Gasteiger partial charge in [-0.25, -0.2) is 14.2 Å². The number of esters is 1. The topological polar surface area (TPSA) is 68.3 Å². The molecule has 138 valence electrons. The maximum Gasteiger partial charge on any atom is 0.338 e. The number of benzene rings is 2. The van der Waals surface area contributed by atoms with Crippen molar-refractivity contribution in [1.29, 1.82) is 0 Å². The number of nitrogens with zero attached hydrogens (tertiary/aromatic N) is 1. The van der Waals surface area contributed by atoms with E-state index in [-0.39, 0.29) is 16.4 Å². The van der Waals surface area contributed by atoms with E-state index in [1.165, 1.54) is 41.7 Å². The summed E-state index contributed by atoms with van der Waals surface area (Å²) in [7, 11) is 0. The van der Waals surface area contributed by atoms with Crippen LogP contribution in [0.15, 0.2) is 47.8 Å². The molecule has 0 aliphatic heterocycles. The number of rotatable bonds is 5. The lowest BCUT2D eigenvalue weighted by atomic mass is 10.2. The molecular weight excluding hydrogens is 414 g/mol. The lowest BCUT2D eigenvalue weighted by molar-refractivity contribution is -0.119. The lowest BCUT2D eigenvalue weighted by Gasteiger charge is -2.05. The fraction of sp³-hybridized carbons (Fsp3) is 0.0556. The molecule has 2 aromatic carbocycles. The number of carbonyl (C=O) groups excluding carboxylic acids is 2. The number of carbonyl (C=O) groups is 2. The normalized spacial score (nSPS) is 10.5. The van der Waals surface area contributed by atoms with Gasteiger partial charge in [0, 0.05) is 10.9 Å². The van der Waals surface area contributed by atoms with Crippen LogP contribution < -0.4 is 5.32 Å². The van der Waals surface area contributed by atoms with E-state index in [1.54, 1.807) is 17.5 Å². The Balaban J connectivity index is 1.55. The number of ether oxygens (including phenoxy) is 1. The van der Waals surface area contributed by atoms with Gasteiger partial charge < -0.3 is 4.74 Å². The van der Waals surface area contributed by atoms with Crippen LogP contribution in [0.3, 0.4) is 0 Å². The number of thiazole rings is 1. The largest absolute Gasteiger partial charge is 0.452 e. The third kappa shape index (κ3) is 5.03. The minimum absolute atomic E-state index is 0.185. The second-order valence-corrected chi connectivity index (χ2v) is 6.97. The van der Waals surface area contributed by atoms with Gasteiger partial charge >= 0.3 is 5.97 Å². The summed E-state index contributed by atoms with van der Waals surface area (Å²) in [6, 6.07) is 10.1. The van der Waals surface area contributed by atoms with Crippen LogP contribution in [-0.4, -0.2) is 23.5 Å². The Bertz CT molecular complexity index is 993. The summed E-state index contributed by atoms with van der Waals surface area (Å²) in [5.41, 5.74) is 1.51. The highest BCUT2D eigenvalue weighted by atomic mass is 35.5. The summed E-state index contributed by atoms with van der Waals surface area (Å²) in [4.78, 5) is 28.1. The highest BCUT2D eigenvalue weighted by Crippen LogP contribution is 2.25. The van der Waals surface area contributed by atoms with E-state index in [0.717, 1.165) is 5.56 Å². The van der Waals surface area contributed by atoms with Crippen LogP contribution >= 0.6 is 34.5 Å². The molecule has 0 radical (unpaired) electrons. The Morgan fingerprint density at radius 2 is 1.85 bits per heavy atom. The minimum Gasteiger partial charge on any atom is -0.452 e. The van der Waals surface area contributed by atoms with Crippen molar-refractivity contribution >= 4 is 51.5 Å². The van der Waals surface area contributed by atoms with Crippen molar-refractivity contribution in [1.82, 2.24) is 4.98 Å². The molecule has 1 amide bonds. The number of nitrogens with one attached hydrogen (secondary N) is 1. The van der Waals surface area contributed by atoms with Crippen LogP contribution in [0.25, 0.3) is 11.3 Å². The zero-order valence-corrected chi connectivity index (χ0v) is 15.9. The molecule has 1 N–H and O–H groups in total. The van der Waals surface area contributed by atoms with Crippen molar-refractivity contribution in [3.8, 4) is 11.3 Å². The summed E-state index contributed by atoms with van der Waals surface area (Å²) < 4.78 is 17.9. The number of amides is 1. The molecule has 5 nitrogen and oxygen atoms in total. The first-order chi connectivity index (χ1) is 12.9. The zero-order valence-electron chi connectivity index (χ0n) is 13.5. The summed E-state index contributed by atoms with van der Waals surface area (Å²) in [6.07, 6.45) is 0. The predicted molar refractivity (Wildman–Crippen MR) is 103 cm³/mol. The fourth-order valence-electron chi connectivity index (χ4n) is 2.08. The average Bonchev–Trinajstić information content (AvgIpc) is 3.11. The molecule has 0 aliphatic rings. The maximum absolute atomic E-state index is 13.0. The fourth-order valence-corrected chi connectivity index (χ4v) is 3.11. The standard InChI is InChI=1S/C18H11Cl2FN2O3S/c19-13-6-3-11(7-14(13)20)17(25)26-8-16(24)23-18-22-15(9-27-18)10-1-4-12(21)5-2-10/h1-7,9H,8H2,(H,22,23,24). The lowest BCUT2D eigenvalue weighted by Crippen LogP contribution is -2.20. The van der Waals surface area contributed by atoms with Gasteiger partial charge in [0.1, 0.15) is 5.82 Å². The first kappa shape index (κ1) is 19.3. The predicted octanol–water partition coefficient (Wildman–Crippen LogP) is 5.05.